The maximum absolute atomic E-state index is 13.3. The normalized spacial score (nSPS) is 12.3. The van der Waals surface area contributed by atoms with Crippen LogP contribution in [0, 0.1) is 0 Å². The van der Waals surface area contributed by atoms with Crippen LogP contribution in [0.4, 0.5) is 0 Å². The van der Waals surface area contributed by atoms with E-state index in [4.69, 9.17) is 9.47 Å². The molecule has 2 aromatic carbocycles. The molecule has 0 radical (unpaired) electrons. The third-order valence-electron chi connectivity index (χ3n) is 4.78. The lowest BCUT2D eigenvalue weighted by Gasteiger charge is -2.33. The van der Waals surface area contributed by atoms with E-state index in [0.29, 0.717) is 24.3 Å². The van der Waals surface area contributed by atoms with Crippen molar-refractivity contribution in [2.24, 2.45) is 0 Å². The van der Waals surface area contributed by atoms with Crippen LogP contribution in [-0.2, 0) is 19.9 Å². The maximum Gasteiger partial charge on any atom is 0.347 e. The van der Waals surface area contributed by atoms with Gasteiger partial charge in [0.15, 0.2) is 0 Å². The van der Waals surface area contributed by atoms with Gasteiger partial charge in [0.2, 0.25) is 5.60 Å². The quantitative estimate of drug-likeness (QED) is 0.561. The molecule has 6 heteroatoms. The average molecular weight is 422 g/mol. The van der Waals surface area contributed by atoms with Crippen molar-refractivity contribution in [3.05, 3.63) is 71.8 Å². The molecule has 0 heterocycles. The van der Waals surface area contributed by atoms with E-state index in [0.717, 1.165) is 13.1 Å². The van der Waals surface area contributed by atoms with Crippen molar-refractivity contribution in [2.45, 2.75) is 32.5 Å². The summed E-state index contributed by atoms with van der Waals surface area (Å²) in [6.07, 6.45) is -0.755. The molecular weight excluding hydrogens is 390 g/mol. The largest absolute Gasteiger partial charge is 0.460 e. The van der Waals surface area contributed by atoms with E-state index in [1.54, 1.807) is 0 Å². The molecule has 1 N–H and O–H groups in total. The van der Waals surface area contributed by atoms with Crippen LogP contribution in [-0.4, -0.2) is 54.9 Å². The fraction of sp³-hybridized carbons (Fsp3) is 0.435. The van der Waals surface area contributed by atoms with Crippen LogP contribution in [0.1, 0.15) is 31.9 Å². The van der Waals surface area contributed by atoms with Gasteiger partial charge in [-0.05, 0) is 31.1 Å². The van der Waals surface area contributed by atoms with Crippen LogP contribution >= 0.6 is 12.4 Å². The van der Waals surface area contributed by atoms with E-state index in [1.807, 2.05) is 81.4 Å². The molecule has 0 saturated heterocycles. The Kier molecular flexibility index (Phi) is 10.9. The lowest BCUT2D eigenvalue weighted by atomic mass is 9.86. The first-order chi connectivity index (χ1) is 13.6. The maximum atomic E-state index is 13.3. The van der Waals surface area contributed by atoms with Crippen molar-refractivity contribution < 1.29 is 19.4 Å². The molecule has 0 spiro atoms. The van der Waals surface area contributed by atoms with Crippen LogP contribution in [0.25, 0.3) is 0 Å². The molecule has 0 saturated carbocycles. The Morgan fingerprint density at radius 2 is 1.45 bits per heavy atom. The number of rotatable bonds is 11. The van der Waals surface area contributed by atoms with Crippen molar-refractivity contribution in [1.29, 1.82) is 0 Å². The number of ether oxygens (including phenoxy) is 2. The number of carbonyl (C=O) groups excluding carboxylic acids is 1. The van der Waals surface area contributed by atoms with Gasteiger partial charge >= 0.3 is 5.97 Å². The number of likely N-dealkylation sites (N-methyl/N-ethyl adjacent to an activating group) is 1. The predicted octanol–water partition coefficient (Wildman–Crippen LogP) is 3.63. The molecule has 1 atom stereocenters. The molecule has 0 fully saturated rings. The number of aliphatic hydroxyl groups excluding tert-OH is 1. The molecule has 5 nitrogen and oxygen atoms in total. The van der Waals surface area contributed by atoms with Crippen LogP contribution in [0.2, 0.25) is 0 Å². The Bertz CT molecular complexity index is 668. The number of carbonyl (C=O) groups is 1. The topological polar surface area (TPSA) is 59.0 Å². The Balaban J connectivity index is 0.00000420. The lowest BCUT2D eigenvalue weighted by molar-refractivity contribution is -0.171. The number of nitrogens with zero attached hydrogens (tertiary/aromatic N) is 1. The van der Waals surface area contributed by atoms with Gasteiger partial charge < -0.3 is 19.5 Å². The Morgan fingerprint density at radius 1 is 0.966 bits per heavy atom. The molecule has 0 bridgehead atoms. The van der Waals surface area contributed by atoms with Gasteiger partial charge in [-0.2, -0.15) is 0 Å². The molecular formula is C23H32ClNO4. The molecule has 1 unspecified atom stereocenters. The van der Waals surface area contributed by atoms with Gasteiger partial charge in [0.05, 0.1) is 0 Å². The highest BCUT2D eigenvalue weighted by Gasteiger charge is 2.45. The van der Waals surface area contributed by atoms with Gasteiger partial charge in [-0.25, -0.2) is 4.79 Å². The molecule has 2 aromatic rings. The number of hydrogen-bond donors (Lipinski definition) is 1. The first-order valence-electron chi connectivity index (χ1n) is 9.91. The third-order valence-corrected chi connectivity index (χ3v) is 4.78. The summed E-state index contributed by atoms with van der Waals surface area (Å²) in [6.45, 7) is 8.30. The van der Waals surface area contributed by atoms with Gasteiger partial charge in [-0.15, -0.1) is 12.4 Å². The molecule has 0 aliphatic rings. The molecule has 0 aromatic heterocycles. The molecule has 29 heavy (non-hydrogen) atoms. The predicted molar refractivity (Wildman–Crippen MR) is 117 cm³/mol. The summed E-state index contributed by atoms with van der Waals surface area (Å²) in [7, 11) is 0. The van der Waals surface area contributed by atoms with Crippen molar-refractivity contribution in [3.8, 4) is 0 Å². The number of hydrogen-bond acceptors (Lipinski definition) is 5. The second-order valence-electron chi connectivity index (χ2n) is 6.58. The molecule has 160 valence electrons. The number of aliphatic hydroxyl groups is 1. The van der Waals surface area contributed by atoms with Crippen LogP contribution in [0.3, 0.4) is 0 Å². The summed E-state index contributed by atoms with van der Waals surface area (Å²) in [5.74, 6) is -0.523. The molecule has 2 rings (SSSR count). The minimum absolute atomic E-state index is 0. The zero-order valence-corrected chi connectivity index (χ0v) is 18.2. The second kappa shape index (κ2) is 12.6. The fourth-order valence-electron chi connectivity index (χ4n) is 3.30. The Labute approximate surface area is 180 Å². The zero-order chi connectivity index (χ0) is 20.4. The number of halogens is 1. The van der Waals surface area contributed by atoms with Gasteiger partial charge in [0.1, 0.15) is 12.7 Å². The third kappa shape index (κ3) is 6.28. The van der Waals surface area contributed by atoms with E-state index >= 15 is 0 Å². The molecule has 0 aliphatic heterocycles. The van der Waals surface area contributed by atoms with Crippen molar-refractivity contribution in [3.63, 3.8) is 0 Å². The highest BCUT2D eigenvalue weighted by molar-refractivity contribution is 5.86. The SMILES string of the molecule is CCOC(C(=O)OCC(O)CN(CC)CC)(c1ccccc1)c1ccccc1.Cl. The van der Waals surface area contributed by atoms with Gasteiger partial charge in [0, 0.05) is 13.2 Å². The second-order valence-corrected chi connectivity index (χ2v) is 6.58. The fourth-order valence-corrected chi connectivity index (χ4v) is 3.30. The van der Waals surface area contributed by atoms with Crippen LogP contribution in [0.5, 0.6) is 0 Å². The summed E-state index contributed by atoms with van der Waals surface area (Å²) in [5, 5.41) is 10.3. The van der Waals surface area contributed by atoms with E-state index in [2.05, 4.69) is 4.90 Å². The summed E-state index contributed by atoms with van der Waals surface area (Å²) in [5.41, 5.74) is 0.0317. The first kappa shape index (κ1) is 25.1. The van der Waals surface area contributed by atoms with Gasteiger partial charge in [-0.1, -0.05) is 74.5 Å². The average Bonchev–Trinajstić information content (AvgIpc) is 2.75. The first-order valence-corrected chi connectivity index (χ1v) is 9.91. The Hall–Kier alpha value is -1.92. The standard InChI is InChI=1S/C23H31NO4.ClH/c1-4-24(5-2)17-21(25)18-27-22(26)23(28-6-3,19-13-9-7-10-14-19)20-15-11-8-12-16-20;/h7-16,21,25H,4-6,17-18H2,1-3H3;1H. The highest BCUT2D eigenvalue weighted by atomic mass is 35.5. The lowest BCUT2D eigenvalue weighted by Crippen LogP contribution is -2.43. The summed E-state index contributed by atoms with van der Waals surface area (Å²) >= 11 is 0. The van der Waals surface area contributed by atoms with E-state index in [9.17, 15) is 9.90 Å². The van der Waals surface area contributed by atoms with E-state index < -0.39 is 17.7 Å². The number of benzene rings is 2. The van der Waals surface area contributed by atoms with E-state index in [1.165, 1.54) is 0 Å². The van der Waals surface area contributed by atoms with Crippen molar-refractivity contribution >= 4 is 18.4 Å². The number of esters is 1. The van der Waals surface area contributed by atoms with Crippen LogP contribution in [0.15, 0.2) is 60.7 Å². The molecule has 0 amide bonds. The zero-order valence-electron chi connectivity index (χ0n) is 17.4. The van der Waals surface area contributed by atoms with Crippen molar-refractivity contribution in [2.75, 3.05) is 32.8 Å². The Morgan fingerprint density at radius 3 is 1.86 bits per heavy atom. The monoisotopic (exact) mass is 421 g/mol. The summed E-state index contributed by atoms with van der Waals surface area (Å²) in [6, 6.07) is 18.7. The van der Waals surface area contributed by atoms with Crippen LogP contribution < -0.4 is 0 Å². The van der Waals surface area contributed by atoms with Crippen molar-refractivity contribution in [1.82, 2.24) is 4.90 Å². The summed E-state index contributed by atoms with van der Waals surface area (Å²) < 4.78 is 11.6. The van der Waals surface area contributed by atoms with Gasteiger partial charge in [0.25, 0.3) is 0 Å². The minimum atomic E-state index is -1.37. The van der Waals surface area contributed by atoms with E-state index in [-0.39, 0.29) is 19.0 Å². The molecule has 0 aliphatic carbocycles. The highest BCUT2D eigenvalue weighted by Crippen LogP contribution is 2.35. The smallest absolute Gasteiger partial charge is 0.347 e. The van der Waals surface area contributed by atoms with Gasteiger partial charge in [-0.3, -0.25) is 0 Å². The minimum Gasteiger partial charge on any atom is -0.460 e. The summed E-state index contributed by atoms with van der Waals surface area (Å²) in [4.78, 5) is 15.4.